The lowest BCUT2D eigenvalue weighted by Crippen LogP contribution is -2.63. The summed E-state index contributed by atoms with van der Waals surface area (Å²) in [6.07, 6.45) is 4.81. The first kappa shape index (κ1) is 18.5. The van der Waals surface area contributed by atoms with Crippen molar-refractivity contribution in [2.75, 3.05) is 0 Å². The van der Waals surface area contributed by atoms with E-state index in [0.717, 1.165) is 0 Å². The maximum atomic E-state index is 2.66. The van der Waals surface area contributed by atoms with Crippen LogP contribution in [-0.4, -0.2) is 12.5 Å². The Labute approximate surface area is 134 Å². The topological polar surface area (TPSA) is 4.93 Å². The van der Waals surface area contributed by atoms with Crippen molar-refractivity contribution in [1.82, 2.24) is 4.23 Å². The maximum absolute atomic E-state index is 2.66. The molecule has 1 heterocycles. The van der Waals surface area contributed by atoms with Gasteiger partial charge < -0.3 is 4.23 Å². The van der Waals surface area contributed by atoms with E-state index >= 15 is 0 Å². The molecule has 122 valence electrons. The lowest BCUT2D eigenvalue weighted by molar-refractivity contribution is 0.510. The molecule has 0 saturated heterocycles. The molecule has 1 rings (SSSR count). The minimum absolute atomic E-state index is 0.288. The number of hydrogen-bond acceptors (Lipinski definition) is 0. The molecular weight excluding hydrogens is 270 g/mol. The van der Waals surface area contributed by atoms with E-state index in [1.807, 2.05) is 0 Å². The van der Waals surface area contributed by atoms with Gasteiger partial charge in [-0.2, -0.15) is 0 Å². The molecule has 0 unspecified atom stereocenters. The molecule has 0 atom stereocenters. The fourth-order valence-corrected chi connectivity index (χ4v) is 15.2. The van der Waals surface area contributed by atoms with Crippen LogP contribution < -0.4 is 0 Å². The van der Waals surface area contributed by atoms with E-state index in [4.69, 9.17) is 0 Å². The lowest BCUT2D eigenvalue weighted by Gasteiger charge is -2.59. The highest BCUT2D eigenvalue weighted by molar-refractivity contribution is 6.86. The Bertz CT molecular complexity index is 439. The van der Waals surface area contributed by atoms with E-state index in [-0.39, 0.29) is 15.1 Å². The van der Waals surface area contributed by atoms with E-state index in [0.29, 0.717) is 5.92 Å². The molecule has 0 radical (unpaired) electrons. The highest BCUT2D eigenvalue weighted by atomic mass is 28.3. The highest BCUT2D eigenvalue weighted by Crippen LogP contribution is 2.62. The van der Waals surface area contributed by atoms with Gasteiger partial charge >= 0.3 is 0 Å². The van der Waals surface area contributed by atoms with Crippen molar-refractivity contribution >= 4 is 8.24 Å². The van der Waals surface area contributed by atoms with Crippen LogP contribution in [0.4, 0.5) is 0 Å². The molecule has 0 N–H and O–H groups in total. The van der Waals surface area contributed by atoms with Crippen LogP contribution in [0.2, 0.25) is 15.1 Å². The summed E-state index contributed by atoms with van der Waals surface area (Å²) in [7, 11) is -1.88. The van der Waals surface area contributed by atoms with Gasteiger partial charge in [0.25, 0.3) is 0 Å². The lowest BCUT2D eigenvalue weighted by atomic mass is 10.1. The molecule has 0 aliphatic carbocycles. The average molecular weight is 308 g/mol. The van der Waals surface area contributed by atoms with Crippen molar-refractivity contribution < 1.29 is 0 Å². The van der Waals surface area contributed by atoms with E-state index in [9.17, 15) is 0 Å². The molecule has 0 saturated carbocycles. The zero-order chi connectivity index (χ0) is 16.9. The third kappa shape index (κ3) is 2.88. The van der Waals surface area contributed by atoms with Gasteiger partial charge in [-0.3, -0.25) is 0 Å². The van der Waals surface area contributed by atoms with Crippen LogP contribution in [0.3, 0.4) is 0 Å². The van der Waals surface area contributed by atoms with E-state index in [2.05, 4.69) is 98.9 Å². The number of nitrogens with zero attached hydrogens (tertiary/aromatic N) is 1. The Hall–Kier alpha value is -0.503. The maximum Gasteiger partial charge on any atom is 0.176 e. The molecule has 0 aromatic carbocycles. The molecule has 0 bridgehead atoms. The first-order valence-corrected chi connectivity index (χ1v) is 10.3. The van der Waals surface area contributed by atoms with Gasteiger partial charge in [0.1, 0.15) is 0 Å². The first-order valence-electron chi connectivity index (χ1n) is 8.34. The predicted molar refractivity (Wildman–Crippen MR) is 98.8 cm³/mol. The summed E-state index contributed by atoms with van der Waals surface area (Å²) in [5, 5.41) is 0.865. The Morgan fingerprint density at radius 2 is 1.19 bits per heavy atom. The monoisotopic (exact) mass is 307 g/mol. The second-order valence-electron chi connectivity index (χ2n) is 9.97. The Balaban J connectivity index is 3.73. The van der Waals surface area contributed by atoms with Crippen molar-refractivity contribution in [3.05, 3.63) is 24.0 Å². The van der Waals surface area contributed by atoms with Crippen LogP contribution >= 0.6 is 0 Å². The summed E-state index contributed by atoms with van der Waals surface area (Å²) in [5.41, 5.74) is 1.46. The molecule has 21 heavy (non-hydrogen) atoms. The van der Waals surface area contributed by atoms with Gasteiger partial charge in [0.15, 0.2) is 8.24 Å². The molecule has 0 fully saturated rings. The SMILES string of the molecule is CC(C)c1ccn([Si](C(C)(C)C)(C(C)(C)C)C(C)(C)C)c1. The van der Waals surface area contributed by atoms with Gasteiger partial charge in [0.2, 0.25) is 0 Å². The van der Waals surface area contributed by atoms with Crippen molar-refractivity contribution in [1.29, 1.82) is 0 Å². The van der Waals surface area contributed by atoms with Gasteiger partial charge in [-0.15, -0.1) is 0 Å². The van der Waals surface area contributed by atoms with Crippen molar-refractivity contribution in [2.24, 2.45) is 0 Å². The normalized spacial score (nSPS) is 14.9. The largest absolute Gasteiger partial charge is 0.378 e. The quantitative estimate of drug-likeness (QED) is 0.529. The molecule has 1 nitrogen and oxygen atoms in total. The van der Waals surface area contributed by atoms with Gasteiger partial charge in [0, 0.05) is 0 Å². The van der Waals surface area contributed by atoms with E-state index in [1.54, 1.807) is 0 Å². The van der Waals surface area contributed by atoms with Crippen molar-refractivity contribution in [2.45, 2.75) is 97.2 Å². The van der Waals surface area contributed by atoms with Gasteiger partial charge in [0.05, 0.1) is 0 Å². The molecule has 1 aromatic rings. The molecule has 0 spiro atoms. The predicted octanol–water partition coefficient (Wildman–Crippen LogP) is 6.81. The third-order valence-corrected chi connectivity index (χ3v) is 12.6. The number of hydrogen-bond donors (Lipinski definition) is 0. The second kappa shape index (κ2) is 5.29. The second-order valence-corrected chi connectivity index (χ2v) is 16.4. The smallest absolute Gasteiger partial charge is 0.176 e. The molecule has 2 heteroatoms. The van der Waals surface area contributed by atoms with Crippen LogP contribution in [0.25, 0.3) is 0 Å². The van der Waals surface area contributed by atoms with Crippen LogP contribution in [0.1, 0.15) is 87.6 Å². The number of aromatic nitrogens is 1. The summed E-state index contributed by atoms with van der Waals surface area (Å²) in [5.74, 6) is 0.595. The van der Waals surface area contributed by atoms with Crippen LogP contribution in [0.5, 0.6) is 0 Å². The molecule has 0 aliphatic rings. The molecule has 1 aromatic heterocycles. The van der Waals surface area contributed by atoms with Crippen LogP contribution in [0.15, 0.2) is 18.5 Å². The fourth-order valence-electron chi connectivity index (χ4n) is 5.50. The van der Waals surface area contributed by atoms with Gasteiger partial charge in [-0.05, 0) is 45.1 Å². The molecule has 0 amide bonds. The Kier molecular flexibility index (Phi) is 4.68. The van der Waals surface area contributed by atoms with Gasteiger partial charge in [-0.25, -0.2) is 0 Å². The Morgan fingerprint density at radius 3 is 1.43 bits per heavy atom. The van der Waals surface area contributed by atoms with Crippen LogP contribution in [0, 0.1) is 0 Å². The van der Waals surface area contributed by atoms with E-state index in [1.165, 1.54) is 5.56 Å². The summed E-state index contributed by atoms with van der Waals surface area (Å²) < 4.78 is 2.66. The highest BCUT2D eigenvalue weighted by Gasteiger charge is 2.61. The zero-order valence-corrected chi connectivity index (χ0v) is 17.3. The van der Waals surface area contributed by atoms with E-state index < -0.39 is 8.24 Å². The minimum Gasteiger partial charge on any atom is -0.378 e. The standard InChI is InChI=1S/C19H37NSi/c1-15(2)16-12-13-20(14-16)21(17(3,4)5,18(6,7)8)19(9,10)11/h12-15H,1-11H3. The molecule has 0 aliphatic heterocycles. The zero-order valence-electron chi connectivity index (χ0n) is 16.3. The summed E-state index contributed by atoms with van der Waals surface area (Å²) in [6, 6.07) is 2.33. The van der Waals surface area contributed by atoms with Crippen molar-refractivity contribution in [3.8, 4) is 0 Å². The average Bonchev–Trinajstić information content (AvgIpc) is 2.59. The molecular formula is C19H37NSi. The summed E-state index contributed by atoms with van der Waals surface area (Å²) in [6.45, 7) is 26.6. The van der Waals surface area contributed by atoms with Crippen LogP contribution in [-0.2, 0) is 0 Å². The van der Waals surface area contributed by atoms with Crippen molar-refractivity contribution in [3.63, 3.8) is 0 Å². The summed E-state index contributed by atoms with van der Waals surface area (Å²) >= 11 is 0. The Morgan fingerprint density at radius 1 is 0.810 bits per heavy atom. The minimum atomic E-state index is -1.88. The summed E-state index contributed by atoms with van der Waals surface area (Å²) in [4.78, 5) is 0. The fraction of sp³-hybridized carbons (Fsp3) is 0.789. The van der Waals surface area contributed by atoms with Gasteiger partial charge in [-0.1, -0.05) is 76.2 Å². The third-order valence-electron chi connectivity index (χ3n) is 5.03. The first-order chi connectivity index (χ1) is 9.16. The number of rotatable bonds is 2.